The number of carbonyl (C=O) groups excluding carboxylic acids is 2. The third-order valence-corrected chi connectivity index (χ3v) is 3.84. The van der Waals surface area contributed by atoms with Crippen LogP contribution in [0.3, 0.4) is 0 Å². The second-order valence-corrected chi connectivity index (χ2v) is 5.29. The second-order valence-electron chi connectivity index (χ2n) is 5.29. The van der Waals surface area contributed by atoms with Gasteiger partial charge >= 0.3 is 5.97 Å². The van der Waals surface area contributed by atoms with E-state index in [4.69, 9.17) is 0 Å². The first-order valence-electron chi connectivity index (χ1n) is 7.43. The van der Waals surface area contributed by atoms with Crippen LogP contribution in [-0.4, -0.2) is 19.0 Å². The van der Waals surface area contributed by atoms with Crippen LogP contribution >= 0.6 is 0 Å². The predicted octanol–water partition coefficient (Wildman–Crippen LogP) is 3.18. The largest absolute Gasteiger partial charge is 0.469 e. The molecule has 1 aliphatic rings. The molecule has 0 saturated heterocycles. The Kier molecular flexibility index (Phi) is 4.24. The minimum atomic E-state index is -0.357. The van der Waals surface area contributed by atoms with Crippen molar-refractivity contribution in [2.24, 2.45) is 0 Å². The van der Waals surface area contributed by atoms with E-state index in [1.807, 2.05) is 54.6 Å². The van der Waals surface area contributed by atoms with Gasteiger partial charge in [0, 0.05) is 11.1 Å². The highest BCUT2D eigenvalue weighted by Crippen LogP contribution is 2.37. The Labute approximate surface area is 135 Å². The molecule has 0 fully saturated rings. The topological polar surface area (TPSA) is 46.6 Å². The maximum atomic E-state index is 12.8. The number of amides is 1. The van der Waals surface area contributed by atoms with Crippen LogP contribution in [0.2, 0.25) is 0 Å². The van der Waals surface area contributed by atoms with Crippen molar-refractivity contribution >= 4 is 23.1 Å². The van der Waals surface area contributed by atoms with Gasteiger partial charge in [-0.3, -0.25) is 9.59 Å². The Balaban J connectivity index is 1.93. The number of fused-ring (bicyclic) bond motifs is 1. The molecule has 0 saturated carbocycles. The molecule has 0 radical (unpaired) electrons. The smallest absolute Gasteiger partial charge is 0.309 e. The van der Waals surface area contributed by atoms with Gasteiger partial charge in [-0.05, 0) is 11.6 Å². The van der Waals surface area contributed by atoms with Gasteiger partial charge in [-0.25, -0.2) is 0 Å². The van der Waals surface area contributed by atoms with E-state index in [1.165, 1.54) is 7.11 Å². The van der Waals surface area contributed by atoms with Gasteiger partial charge in [-0.15, -0.1) is 0 Å². The minimum Gasteiger partial charge on any atom is -0.469 e. The van der Waals surface area contributed by atoms with Crippen molar-refractivity contribution in [3.8, 4) is 0 Å². The molecule has 1 aliphatic heterocycles. The maximum Gasteiger partial charge on any atom is 0.309 e. The van der Waals surface area contributed by atoms with Crippen LogP contribution in [0, 0.1) is 0 Å². The summed E-state index contributed by atoms with van der Waals surface area (Å²) in [7, 11) is 1.34. The Hall–Kier alpha value is -2.88. The molecule has 0 unspecified atom stereocenters. The fourth-order valence-electron chi connectivity index (χ4n) is 2.70. The van der Waals surface area contributed by atoms with Gasteiger partial charge < -0.3 is 9.64 Å². The number of nitrogens with zero attached hydrogens (tertiary/aromatic N) is 1. The van der Waals surface area contributed by atoms with Gasteiger partial charge in [0.25, 0.3) is 5.91 Å². The molecule has 116 valence electrons. The molecule has 2 aromatic carbocycles. The number of benzene rings is 2. The average molecular weight is 307 g/mol. The lowest BCUT2D eigenvalue weighted by molar-refractivity contribution is -0.139. The van der Waals surface area contributed by atoms with Crippen LogP contribution in [0.1, 0.15) is 17.5 Å². The number of ether oxygens (including phenoxy) is 1. The van der Waals surface area contributed by atoms with E-state index in [0.717, 1.165) is 16.8 Å². The van der Waals surface area contributed by atoms with Gasteiger partial charge in [0.2, 0.25) is 0 Å². The molecule has 0 aliphatic carbocycles. The standard InChI is InChI=1S/C19H17NO3/c1-23-18(21)12-11-16-15-9-5-6-10-17(15)20(19(16)22)13-14-7-3-2-4-8-14/h2-11H,12-13H2,1H3/b16-11-. The number of esters is 1. The van der Waals surface area contributed by atoms with Crippen LogP contribution in [0.25, 0.3) is 5.57 Å². The van der Waals surface area contributed by atoms with Gasteiger partial charge in [0.1, 0.15) is 0 Å². The van der Waals surface area contributed by atoms with E-state index in [9.17, 15) is 9.59 Å². The summed E-state index contributed by atoms with van der Waals surface area (Å²) in [4.78, 5) is 25.9. The summed E-state index contributed by atoms with van der Waals surface area (Å²) in [5.74, 6) is -0.441. The molecule has 4 heteroatoms. The first kappa shape index (κ1) is 15.0. The highest BCUT2D eigenvalue weighted by atomic mass is 16.5. The van der Waals surface area contributed by atoms with Crippen molar-refractivity contribution in [1.29, 1.82) is 0 Å². The summed E-state index contributed by atoms with van der Waals surface area (Å²) in [6, 6.07) is 17.5. The summed E-state index contributed by atoms with van der Waals surface area (Å²) in [6.07, 6.45) is 1.74. The summed E-state index contributed by atoms with van der Waals surface area (Å²) in [5.41, 5.74) is 3.35. The number of hydrogen-bond donors (Lipinski definition) is 0. The van der Waals surface area contributed by atoms with Crippen LogP contribution in [0.5, 0.6) is 0 Å². The van der Waals surface area contributed by atoms with Gasteiger partial charge in [-0.1, -0.05) is 54.6 Å². The predicted molar refractivity (Wildman–Crippen MR) is 88.7 cm³/mol. The van der Waals surface area contributed by atoms with Gasteiger partial charge in [0.05, 0.1) is 25.8 Å². The maximum absolute atomic E-state index is 12.8. The Bertz CT molecular complexity index is 765. The Morgan fingerprint density at radius 2 is 1.78 bits per heavy atom. The van der Waals surface area contributed by atoms with Crippen LogP contribution < -0.4 is 4.90 Å². The molecule has 1 heterocycles. The number of carbonyl (C=O) groups is 2. The molecular weight excluding hydrogens is 290 g/mol. The molecule has 0 spiro atoms. The molecule has 2 aromatic rings. The lowest BCUT2D eigenvalue weighted by Crippen LogP contribution is -2.25. The van der Waals surface area contributed by atoms with E-state index in [2.05, 4.69) is 4.74 Å². The fourth-order valence-corrected chi connectivity index (χ4v) is 2.70. The van der Waals surface area contributed by atoms with E-state index >= 15 is 0 Å². The number of hydrogen-bond acceptors (Lipinski definition) is 3. The zero-order valence-electron chi connectivity index (χ0n) is 12.9. The third kappa shape index (κ3) is 3.01. The summed E-state index contributed by atoms with van der Waals surface area (Å²) in [6.45, 7) is 0.506. The molecule has 1 amide bonds. The summed E-state index contributed by atoms with van der Waals surface area (Å²) < 4.78 is 4.65. The zero-order valence-corrected chi connectivity index (χ0v) is 12.9. The third-order valence-electron chi connectivity index (χ3n) is 3.84. The van der Waals surface area contributed by atoms with Crippen molar-refractivity contribution < 1.29 is 14.3 Å². The summed E-state index contributed by atoms with van der Waals surface area (Å²) in [5, 5.41) is 0. The first-order valence-corrected chi connectivity index (χ1v) is 7.43. The van der Waals surface area contributed by atoms with Gasteiger partial charge in [0.15, 0.2) is 0 Å². The highest BCUT2D eigenvalue weighted by molar-refractivity contribution is 6.32. The van der Waals surface area contributed by atoms with Crippen molar-refractivity contribution in [1.82, 2.24) is 0 Å². The summed E-state index contributed by atoms with van der Waals surface area (Å²) >= 11 is 0. The molecule has 0 aromatic heterocycles. The molecular formula is C19H17NO3. The first-order chi connectivity index (χ1) is 11.2. The average Bonchev–Trinajstić information content (AvgIpc) is 2.86. The van der Waals surface area contributed by atoms with Gasteiger partial charge in [-0.2, -0.15) is 0 Å². The minimum absolute atomic E-state index is 0.0843. The SMILES string of the molecule is COC(=O)C/C=C1\C(=O)N(Cc2ccccc2)c2ccccc21. The number of rotatable bonds is 4. The molecule has 0 atom stereocenters. The van der Waals surface area contributed by atoms with Crippen LogP contribution in [0.15, 0.2) is 60.7 Å². The normalized spacial score (nSPS) is 14.9. The fraction of sp³-hybridized carbons (Fsp3) is 0.158. The van der Waals surface area contributed by atoms with Crippen molar-refractivity contribution in [2.75, 3.05) is 12.0 Å². The van der Waals surface area contributed by atoms with Crippen LogP contribution in [0.4, 0.5) is 5.69 Å². The second kappa shape index (κ2) is 6.48. The molecule has 0 bridgehead atoms. The highest BCUT2D eigenvalue weighted by Gasteiger charge is 2.31. The molecule has 3 rings (SSSR count). The lowest BCUT2D eigenvalue weighted by Gasteiger charge is -2.17. The number of anilines is 1. The van der Waals surface area contributed by atoms with E-state index in [-0.39, 0.29) is 18.3 Å². The Morgan fingerprint density at radius 1 is 1.09 bits per heavy atom. The molecule has 4 nitrogen and oxygen atoms in total. The van der Waals surface area contributed by atoms with Crippen molar-refractivity contribution in [2.45, 2.75) is 13.0 Å². The van der Waals surface area contributed by atoms with Crippen molar-refractivity contribution in [3.63, 3.8) is 0 Å². The quantitative estimate of drug-likeness (QED) is 0.644. The van der Waals surface area contributed by atoms with E-state index in [0.29, 0.717) is 12.1 Å². The van der Waals surface area contributed by atoms with Crippen molar-refractivity contribution in [3.05, 3.63) is 71.8 Å². The van der Waals surface area contributed by atoms with Crippen LogP contribution in [-0.2, 0) is 20.9 Å². The van der Waals surface area contributed by atoms with E-state index < -0.39 is 0 Å². The lowest BCUT2D eigenvalue weighted by atomic mass is 10.1. The Morgan fingerprint density at radius 3 is 2.52 bits per heavy atom. The number of para-hydroxylation sites is 1. The molecule has 23 heavy (non-hydrogen) atoms. The number of methoxy groups -OCH3 is 1. The van der Waals surface area contributed by atoms with E-state index in [1.54, 1.807) is 11.0 Å². The molecule has 0 N–H and O–H groups in total. The monoisotopic (exact) mass is 307 g/mol. The zero-order chi connectivity index (χ0) is 16.2.